The summed E-state index contributed by atoms with van der Waals surface area (Å²) in [4.78, 5) is 47.6. The standard InChI is InChI=1S/C30H49N3O5/c1-10-16-31(9)24(35)21-22-25(36)32(18-12-13-19-34)23(30(22)15-14-29(21,8)38-30)26(37)33(17-11-2)28(6,7)20-27(3,4)5/h10-11,21-23,34H,1-2,12-20H2,3-9H3/t21-,22-,23?,29+,30?/m0/s1. The summed E-state index contributed by atoms with van der Waals surface area (Å²) in [6.07, 6.45) is 6.39. The number of hydrogen-bond acceptors (Lipinski definition) is 5. The number of likely N-dealkylation sites (N-methyl/N-ethyl adjacent to an activating group) is 1. The Bertz CT molecular complexity index is 956. The van der Waals surface area contributed by atoms with Crippen LogP contribution in [-0.4, -0.2) is 93.6 Å². The highest BCUT2D eigenvalue weighted by molar-refractivity contribution is 5.99. The summed E-state index contributed by atoms with van der Waals surface area (Å²) in [5, 5.41) is 9.41. The van der Waals surface area contributed by atoms with Crippen molar-refractivity contribution in [3.05, 3.63) is 25.3 Å². The number of carbonyl (C=O) groups is 3. The highest BCUT2D eigenvalue weighted by Gasteiger charge is 2.78. The fraction of sp³-hybridized carbons (Fsp3) is 0.767. The molecule has 0 aromatic carbocycles. The molecule has 0 radical (unpaired) electrons. The molecule has 3 aliphatic rings. The first kappa shape index (κ1) is 30.4. The lowest BCUT2D eigenvalue weighted by Gasteiger charge is -2.45. The van der Waals surface area contributed by atoms with Gasteiger partial charge in [-0.3, -0.25) is 14.4 Å². The van der Waals surface area contributed by atoms with Crippen LogP contribution in [0.3, 0.4) is 0 Å². The maximum absolute atomic E-state index is 14.6. The van der Waals surface area contributed by atoms with Crippen LogP contribution >= 0.6 is 0 Å². The fourth-order valence-electron chi connectivity index (χ4n) is 7.54. The molecule has 1 spiro atoms. The zero-order valence-corrected chi connectivity index (χ0v) is 24.6. The number of aliphatic hydroxyl groups is 1. The molecule has 3 rings (SSSR count). The Morgan fingerprint density at radius 1 is 1.11 bits per heavy atom. The Morgan fingerprint density at radius 2 is 1.74 bits per heavy atom. The topological polar surface area (TPSA) is 90.4 Å². The summed E-state index contributed by atoms with van der Waals surface area (Å²) in [6, 6.07) is -0.831. The number of hydrogen-bond donors (Lipinski definition) is 1. The third-order valence-electron chi connectivity index (χ3n) is 8.63. The first-order chi connectivity index (χ1) is 17.6. The molecule has 0 aromatic rings. The Labute approximate surface area is 229 Å². The number of likely N-dealkylation sites (tertiary alicyclic amines) is 1. The van der Waals surface area contributed by atoms with Crippen LogP contribution in [0.25, 0.3) is 0 Å². The van der Waals surface area contributed by atoms with Crippen molar-refractivity contribution in [3.8, 4) is 0 Å². The molecule has 1 N–H and O–H groups in total. The maximum Gasteiger partial charge on any atom is 0.249 e. The molecule has 0 aliphatic carbocycles. The molecule has 3 saturated heterocycles. The molecule has 3 heterocycles. The van der Waals surface area contributed by atoms with Gasteiger partial charge in [0.05, 0.1) is 17.4 Å². The molecule has 2 bridgehead atoms. The highest BCUT2D eigenvalue weighted by Crippen LogP contribution is 2.63. The van der Waals surface area contributed by atoms with Crippen molar-refractivity contribution in [1.29, 1.82) is 0 Å². The van der Waals surface area contributed by atoms with Crippen molar-refractivity contribution in [2.75, 3.05) is 33.3 Å². The van der Waals surface area contributed by atoms with Crippen LogP contribution in [-0.2, 0) is 19.1 Å². The predicted molar refractivity (Wildman–Crippen MR) is 148 cm³/mol. The van der Waals surface area contributed by atoms with Gasteiger partial charge in [0.1, 0.15) is 11.6 Å². The van der Waals surface area contributed by atoms with Gasteiger partial charge in [0.25, 0.3) is 0 Å². The molecule has 38 heavy (non-hydrogen) atoms. The van der Waals surface area contributed by atoms with Gasteiger partial charge in [0.15, 0.2) is 0 Å². The summed E-state index contributed by atoms with van der Waals surface area (Å²) < 4.78 is 6.76. The van der Waals surface area contributed by atoms with E-state index >= 15 is 0 Å². The van der Waals surface area contributed by atoms with Gasteiger partial charge in [-0.25, -0.2) is 0 Å². The van der Waals surface area contributed by atoms with Gasteiger partial charge in [0, 0.05) is 38.8 Å². The average Bonchev–Trinajstić information content (AvgIpc) is 3.36. The number of aliphatic hydroxyl groups excluding tert-OH is 1. The van der Waals surface area contributed by atoms with Crippen LogP contribution in [0.5, 0.6) is 0 Å². The Morgan fingerprint density at radius 3 is 2.29 bits per heavy atom. The van der Waals surface area contributed by atoms with Crippen molar-refractivity contribution >= 4 is 17.7 Å². The van der Waals surface area contributed by atoms with Crippen LogP contribution in [0, 0.1) is 17.3 Å². The van der Waals surface area contributed by atoms with Gasteiger partial charge < -0.3 is 24.5 Å². The smallest absolute Gasteiger partial charge is 0.249 e. The molecule has 214 valence electrons. The van der Waals surface area contributed by atoms with E-state index in [2.05, 4.69) is 47.8 Å². The number of unbranched alkanes of at least 4 members (excludes halogenated alkanes) is 1. The van der Waals surface area contributed by atoms with Gasteiger partial charge in [-0.2, -0.15) is 0 Å². The quantitative estimate of drug-likeness (QED) is 0.308. The zero-order chi connectivity index (χ0) is 28.7. The van der Waals surface area contributed by atoms with E-state index in [1.54, 1.807) is 29.0 Å². The molecule has 5 atom stereocenters. The minimum absolute atomic E-state index is 0.0123. The van der Waals surface area contributed by atoms with Crippen molar-refractivity contribution in [2.45, 2.75) is 96.4 Å². The fourth-order valence-corrected chi connectivity index (χ4v) is 7.54. The Balaban J connectivity index is 2.10. The zero-order valence-electron chi connectivity index (χ0n) is 24.6. The van der Waals surface area contributed by atoms with Gasteiger partial charge in [-0.15, -0.1) is 13.2 Å². The molecular weight excluding hydrogens is 482 g/mol. The van der Waals surface area contributed by atoms with E-state index in [0.29, 0.717) is 45.3 Å². The second-order valence-corrected chi connectivity index (χ2v) is 13.5. The number of nitrogens with zero attached hydrogens (tertiary/aromatic N) is 3. The third-order valence-corrected chi connectivity index (χ3v) is 8.63. The van der Waals surface area contributed by atoms with E-state index in [1.165, 1.54) is 0 Å². The summed E-state index contributed by atoms with van der Waals surface area (Å²) in [6.45, 7) is 21.2. The molecular formula is C30H49N3O5. The second-order valence-electron chi connectivity index (χ2n) is 13.5. The van der Waals surface area contributed by atoms with Gasteiger partial charge in [-0.05, 0) is 58.3 Å². The van der Waals surface area contributed by atoms with Crippen molar-refractivity contribution in [1.82, 2.24) is 14.7 Å². The van der Waals surface area contributed by atoms with Crippen LogP contribution in [0.4, 0.5) is 0 Å². The highest BCUT2D eigenvalue weighted by atomic mass is 16.5. The third kappa shape index (κ3) is 5.18. The van der Waals surface area contributed by atoms with E-state index in [-0.39, 0.29) is 29.7 Å². The first-order valence-electron chi connectivity index (χ1n) is 14.0. The molecule has 2 unspecified atom stereocenters. The van der Waals surface area contributed by atoms with E-state index < -0.39 is 34.6 Å². The van der Waals surface area contributed by atoms with Crippen LogP contribution in [0.15, 0.2) is 25.3 Å². The predicted octanol–water partition coefficient (Wildman–Crippen LogP) is 3.40. The molecule has 3 amide bonds. The van der Waals surface area contributed by atoms with E-state index in [0.717, 1.165) is 6.42 Å². The van der Waals surface area contributed by atoms with Gasteiger partial charge in [-0.1, -0.05) is 32.9 Å². The Hall–Kier alpha value is -2.19. The summed E-state index contributed by atoms with van der Waals surface area (Å²) in [5.41, 5.74) is -2.40. The number of fused-ring (bicyclic) bond motifs is 1. The van der Waals surface area contributed by atoms with Crippen molar-refractivity contribution in [2.24, 2.45) is 17.3 Å². The maximum atomic E-state index is 14.6. The second kappa shape index (κ2) is 10.8. The summed E-state index contributed by atoms with van der Waals surface area (Å²) in [7, 11) is 1.72. The minimum Gasteiger partial charge on any atom is -0.396 e. The number of ether oxygens (including phenoxy) is 1. The van der Waals surface area contributed by atoms with Crippen LogP contribution in [0.2, 0.25) is 0 Å². The van der Waals surface area contributed by atoms with Gasteiger partial charge >= 0.3 is 0 Å². The first-order valence-corrected chi connectivity index (χ1v) is 14.0. The lowest BCUT2D eigenvalue weighted by atomic mass is 9.66. The normalized spacial score (nSPS) is 30.4. The van der Waals surface area contributed by atoms with E-state index in [9.17, 15) is 19.5 Å². The van der Waals surface area contributed by atoms with Crippen LogP contribution < -0.4 is 0 Å². The minimum atomic E-state index is -1.06. The number of amides is 3. The number of carbonyl (C=O) groups excluding carboxylic acids is 3. The molecule has 0 aromatic heterocycles. The van der Waals surface area contributed by atoms with Crippen LogP contribution in [0.1, 0.15) is 73.6 Å². The van der Waals surface area contributed by atoms with Crippen molar-refractivity contribution in [3.63, 3.8) is 0 Å². The van der Waals surface area contributed by atoms with Crippen molar-refractivity contribution < 1.29 is 24.2 Å². The van der Waals surface area contributed by atoms with E-state index in [1.807, 2.05) is 11.8 Å². The molecule has 8 nitrogen and oxygen atoms in total. The molecule has 3 aliphatic heterocycles. The number of rotatable bonds is 12. The molecule has 3 fully saturated rings. The monoisotopic (exact) mass is 531 g/mol. The average molecular weight is 532 g/mol. The van der Waals surface area contributed by atoms with Gasteiger partial charge in [0.2, 0.25) is 17.7 Å². The Kier molecular flexibility index (Phi) is 8.60. The molecule has 0 saturated carbocycles. The lowest BCUT2D eigenvalue weighted by Crippen LogP contribution is -2.61. The largest absolute Gasteiger partial charge is 0.396 e. The summed E-state index contributed by atoms with van der Waals surface area (Å²) >= 11 is 0. The summed E-state index contributed by atoms with van der Waals surface area (Å²) in [5.74, 6) is -1.88. The SMILES string of the molecule is C=CCN(C)C(=O)[C@@H]1[C@H]2C(=O)N(CCCCO)C(C(=O)N(CC=C)C(C)(C)CC(C)(C)C)C23CC[C@@]1(C)O3. The lowest BCUT2D eigenvalue weighted by molar-refractivity contribution is -0.156. The van der Waals surface area contributed by atoms with E-state index in [4.69, 9.17) is 4.74 Å². The molecule has 8 heteroatoms.